The van der Waals surface area contributed by atoms with Gasteiger partial charge in [0.25, 0.3) is 0 Å². The number of hydrogen-bond donors (Lipinski definition) is 0. The van der Waals surface area contributed by atoms with Gasteiger partial charge in [0.15, 0.2) is 0 Å². The van der Waals surface area contributed by atoms with Crippen molar-refractivity contribution >= 4 is 33.0 Å². The lowest BCUT2D eigenvalue weighted by atomic mass is 9.73. The summed E-state index contributed by atoms with van der Waals surface area (Å²) in [6, 6.07) is 45.9. The topological polar surface area (TPSA) is 35.6 Å². The fourth-order valence-electron chi connectivity index (χ4n) is 7.63. The molecule has 10 rings (SSSR count). The van der Waals surface area contributed by atoms with Gasteiger partial charge >= 0.3 is 0 Å². The Hall–Kier alpha value is -5.48. The molecule has 1 aliphatic heterocycles. The van der Waals surface area contributed by atoms with Gasteiger partial charge in [0.2, 0.25) is 0 Å². The van der Waals surface area contributed by atoms with Crippen LogP contribution in [0.25, 0.3) is 55.5 Å². The predicted octanol–water partition coefficient (Wildman–Crippen LogP) is 8.19. The first-order chi connectivity index (χ1) is 20.4. The summed E-state index contributed by atoms with van der Waals surface area (Å²) in [5.74, 6) is 1.07. The van der Waals surface area contributed by atoms with Gasteiger partial charge in [-0.05, 0) is 76.3 Å². The fourth-order valence-corrected chi connectivity index (χ4v) is 7.63. The number of fused-ring (bicyclic) bond motifs is 15. The molecular formula is C37H22N4. The molecule has 3 aromatic heterocycles. The Bertz CT molecular complexity index is 2340. The lowest BCUT2D eigenvalue weighted by Gasteiger charge is -2.27. The maximum absolute atomic E-state index is 5.34. The van der Waals surface area contributed by atoms with Gasteiger partial charge in [-0.25, -0.2) is 9.97 Å². The minimum absolute atomic E-state index is 0.487. The third kappa shape index (κ3) is 2.43. The molecule has 4 heteroatoms. The van der Waals surface area contributed by atoms with E-state index in [4.69, 9.17) is 9.97 Å². The molecule has 190 valence electrons. The minimum atomic E-state index is -0.487. The average Bonchev–Trinajstić information content (AvgIpc) is 3.74. The van der Waals surface area contributed by atoms with Crippen LogP contribution in [0.2, 0.25) is 0 Å². The largest absolute Gasteiger partial charge is 0.295 e. The Morgan fingerprint density at radius 3 is 2.22 bits per heavy atom. The summed E-state index contributed by atoms with van der Waals surface area (Å²) in [5, 5.41) is 2.38. The molecule has 5 aromatic carbocycles. The zero-order chi connectivity index (χ0) is 26.7. The van der Waals surface area contributed by atoms with Gasteiger partial charge in [0, 0.05) is 22.7 Å². The molecule has 0 saturated heterocycles. The quantitative estimate of drug-likeness (QED) is 0.218. The predicted molar refractivity (Wildman–Crippen MR) is 164 cm³/mol. The standard InChI is InChI=1S/C37H22N4/c1-3-13-28-24(10-1)27-22-23(40-32-16-6-2-11-25(32)26-12-9-21-38-35(26)40)19-20-29(27)37(28)30-14-4-7-17-33(30)41-34-18-8-5-15-31(34)39-36(37)41/h1-22H. The van der Waals surface area contributed by atoms with E-state index in [-0.39, 0.29) is 0 Å². The summed E-state index contributed by atoms with van der Waals surface area (Å²) in [7, 11) is 0. The number of nitrogens with zero attached hydrogens (tertiary/aromatic N) is 4. The molecular weight excluding hydrogens is 500 g/mol. The van der Waals surface area contributed by atoms with Crippen LogP contribution in [-0.4, -0.2) is 19.1 Å². The van der Waals surface area contributed by atoms with Crippen LogP contribution in [-0.2, 0) is 5.41 Å². The summed E-state index contributed by atoms with van der Waals surface area (Å²) in [5.41, 5.74) is 12.5. The van der Waals surface area contributed by atoms with E-state index < -0.39 is 5.41 Å². The first-order valence-electron chi connectivity index (χ1n) is 14.0. The van der Waals surface area contributed by atoms with Crippen LogP contribution in [0.3, 0.4) is 0 Å². The number of imidazole rings is 1. The molecule has 8 aromatic rings. The van der Waals surface area contributed by atoms with Crippen LogP contribution < -0.4 is 0 Å². The zero-order valence-corrected chi connectivity index (χ0v) is 22.0. The third-order valence-corrected chi connectivity index (χ3v) is 9.17. The average molecular weight is 523 g/mol. The molecule has 2 aliphatic rings. The molecule has 0 radical (unpaired) electrons. The van der Waals surface area contributed by atoms with Crippen molar-refractivity contribution in [3.05, 3.63) is 156 Å². The summed E-state index contributed by atoms with van der Waals surface area (Å²) < 4.78 is 4.68. The summed E-state index contributed by atoms with van der Waals surface area (Å²) in [6.45, 7) is 0. The van der Waals surface area contributed by atoms with Crippen molar-refractivity contribution in [1.82, 2.24) is 19.1 Å². The molecule has 1 aliphatic carbocycles. The van der Waals surface area contributed by atoms with Crippen LogP contribution in [0.15, 0.2) is 134 Å². The number of para-hydroxylation sites is 4. The van der Waals surface area contributed by atoms with Crippen molar-refractivity contribution in [2.75, 3.05) is 0 Å². The fraction of sp³-hybridized carbons (Fsp3) is 0.0270. The first-order valence-corrected chi connectivity index (χ1v) is 14.0. The van der Waals surface area contributed by atoms with Crippen molar-refractivity contribution in [3.63, 3.8) is 0 Å². The zero-order valence-electron chi connectivity index (χ0n) is 22.0. The van der Waals surface area contributed by atoms with Gasteiger partial charge in [-0.15, -0.1) is 0 Å². The Morgan fingerprint density at radius 1 is 0.537 bits per heavy atom. The molecule has 0 bridgehead atoms. The Labute approximate surface area is 235 Å². The Balaban J connectivity index is 1.33. The number of hydrogen-bond acceptors (Lipinski definition) is 2. The van der Waals surface area contributed by atoms with Crippen LogP contribution in [0.5, 0.6) is 0 Å². The van der Waals surface area contributed by atoms with Crippen molar-refractivity contribution < 1.29 is 0 Å². The minimum Gasteiger partial charge on any atom is -0.295 e. The Morgan fingerprint density at radius 2 is 1.27 bits per heavy atom. The van der Waals surface area contributed by atoms with E-state index in [1.54, 1.807) is 0 Å². The van der Waals surface area contributed by atoms with Crippen molar-refractivity contribution in [3.8, 4) is 22.5 Å². The van der Waals surface area contributed by atoms with E-state index in [0.29, 0.717) is 0 Å². The van der Waals surface area contributed by atoms with Gasteiger partial charge in [-0.1, -0.05) is 78.9 Å². The maximum atomic E-state index is 5.34. The van der Waals surface area contributed by atoms with Crippen LogP contribution in [0, 0.1) is 0 Å². The van der Waals surface area contributed by atoms with Crippen molar-refractivity contribution in [1.29, 1.82) is 0 Å². The Kier molecular flexibility index (Phi) is 3.84. The lowest BCUT2D eigenvalue weighted by Crippen LogP contribution is -2.27. The van der Waals surface area contributed by atoms with E-state index in [9.17, 15) is 0 Å². The molecule has 0 N–H and O–H groups in total. The van der Waals surface area contributed by atoms with E-state index >= 15 is 0 Å². The van der Waals surface area contributed by atoms with Gasteiger partial charge < -0.3 is 0 Å². The van der Waals surface area contributed by atoms with E-state index in [1.165, 1.54) is 44.3 Å². The monoisotopic (exact) mass is 522 g/mol. The van der Waals surface area contributed by atoms with Crippen LogP contribution in [0.4, 0.5) is 0 Å². The first kappa shape index (κ1) is 21.4. The number of aromatic nitrogens is 4. The second kappa shape index (κ2) is 7.38. The highest BCUT2D eigenvalue weighted by atomic mass is 15.1. The molecule has 1 atom stereocenters. The van der Waals surface area contributed by atoms with Crippen LogP contribution in [0.1, 0.15) is 22.5 Å². The van der Waals surface area contributed by atoms with Gasteiger partial charge in [-0.3, -0.25) is 9.13 Å². The van der Waals surface area contributed by atoms with Gasteiger partial charge in [-0.2, -0.15) is 0 Å². The van der Waals surface area contributed by atoms with Gasteiger partial charge in [0.05, 0.1) is 22.2 Å². The lowest BCUT2D eigenvalue weighted by molar-refractivity contribution is 0.738. The third-order valence-electron chi connectivity index (χ3n) is 9.17. The summed E-state index contributed by atoms with van der Waals surface area (Å²) in [6.07, 6.45) is 1.88. The number of benzene rings is 5. The van der Waals surface area contributed by atoms with Crippen molar-refractivity contribution in [2.24, 2.45) is 0 Å². The second-order valence-corrected chi connectivity index (χ2v) is 11.0. The molecule has 4 nitrogen and oxygen atoms in total. The van der Waals surface area contributed by atoms with Crippen LogP contribution >= 0.6 is 0 Å². The van der Waals surface area contributed by atoms with Crippen molar-refractivity contribution in [2.45, 2.75) is 5.41 Å². The smallest absolute Gasteiger partial charge is 0.145 e. The normalized spacial score (nSPS) is 16.4. The van der Waals surface area contributed by atoms with Gasteiger partial charge in [0.1, 0.15) is 16.9 Å². The number of pyridine rings is 1. The highest BCUT2D eigenvalue weighted by Crippen LogP contribution is 2.60. The van der Waals surface area contributed by atoms with E-state index in [0.717, 1.165) is 33.7 Å². The summed E-state index contributed by atoms with van der Waals surface area (Å²) >= 11 is 0. The maximum Gasteiger partial charge on any atom is 0.145 e. The molecule has 0 saturated carbocycles. The molecule has 41 heavy (non-hydrogen) atoms. The summed E-state index contributed by atoms with van der Waals surface area (Å²) in [4.78, 5) is 10.2. The SMILES string of the molecule is c1ccc2c(c1)-c1cc(-n3c4ccccc4c4cccnc43)ccc1C21c2ccccc2-n2c1nc1ccccc12. The molecule has 1 spiro atoms. The van der Waals surface area contributed by atoms with E-state index in [1.807, 2.05) is 12.3 Å². The second-order valence-electron chi connectivity index (χ2n) is 11.0. The molecule has 1 unspecified atom stereocenters. The van der Waals surface area contributed by atoms with E-state index in [2.05, 4.69) is 130 Å². The molecule has 0 amide bonds. The highest BCUT2D eigenvalue weighted by molar-refractivity contribution is 6.08. The molecule has 0 fully saturated rings. The number of rotatable bonds is 1. The highest BCUT2D eigenvalue weighted by Gasteiger charge is 2.54. The molecule has 4 heterocycles.